The number of hydrogen-bond donors (Lipinski definition) is 3. The molecule has 0 unspecified atom stereocenters. The van der Waals surface area contributed by atoms with Gasteiger partial charge in [-0.1, -0.05) is 24.3 Å². The SMILES string of the molecule is N#C/C(=C\Nc1ccccc1N)c1nc2ccccc2[nH]c1=O. The van der Waals surface area contributed by atoms with E-state index in [4.69, 9.17) is 5.73 Å². The van der Waals surface area contributed by atoms with Crippen LogP contribution in [-0.4, -0.2) is 9.97 Å². The third-order valence-corrected chi connectivity index (χ3v) is 3.31. The van der Waals surface area contributed by atoms with E-state index in [0.717, 1.165) is 0 Å². The Morgan fingerprint density at radius 1 is 1.22 bits per heavy atom. The summed E-state index contributed by atoms with van der Waals surface area (Å²) in [6.07, 6.45) is 1.43. The minimum absolute atomic E-state index is 0.0632. The zero-order chi connectivity index (χ0) is 16.2. The second-order valence-corrected chi connectivity index (χ2v) is 4.83. The van der Waals surface area contributed by atoms with Crippen LogP contribution in [0.2, 0.25) is 0 Å². The first kappa shape index (κ1) is 14.4. The molecule has 2 aromatic carbocycles. The van der Waals surface area contributed by atoms with Gasteiger partial charge in [-0.3, -0.25) is 4.79 Å². The van der Waals surface area contributed by atoms with Gasteiger partial charge in [0.15, 0.2) is 0 Å². The summed E-state index contributed by atoms with van der Waals surface area (Å²) in [5.74, 6) is 0. The average molecular weight is 303 g/mol. The fourth-order valence-electron chi connectivity index (χ4n) is 2.14. The van der Waals surface area contributed by atoms with E-state index in [9.17, 15) is 10.1 Å². The molecule has 6 nitrogen and oxygen atoms in total. The highest BCUT2D eigenvalue weighted by Crippen LogP contribution is 2.18. The Morgan fingerprint density at radius 2 is 1.96 bits per heavy atom. The molecule has 0 atom stereocenters. The maximum atomic E-state index is 12.1. The first-order chi connectivity index (χ1) is 11.2. The predicted molar refractivity (Wildman–Crippen MR) is 90.4 cm³/mol. The lowest BCUT2D eigenvalue weighted by atomic mass is 10.2. The van der Waals surface area contributed by atoms with Crippen LogP contribution in [-0.2, 0) is 0 Å². The van der Waals surface area contributed by atoms with Crippen molar-refractivity contribution in [2.24, 2.45) is 0 Å². The van der Waals surface area contributed by atoms with Crippen molar-refractivity contribution >= 4 is 28.0 Å². The lowest BCUT2D eigenvalue weighted by molar-refractivity contribution is 1.18. The first-order valence-corrected chi connectivity index (χ1v) is 6.90. The van der Waals surface area contributed by atoms with Crippen LogP contribution in [0.4, 0.5) is 11.4 Å². The Balaban J connectivity index is 2.03. The normalized spacial score (nSPS) is 11.2. The molecule has 112 valence electrons. The molecule has 1 heterocycles. The zero-order valence-corrected chi connectivity index (χ0v) is 12.1. The molecule has 4 N–H and O–H groups in total. The monoisotopic (exact) mass is 303 g/mol. The van der Waals surface area contributed by atoms with Gasteiger partial charge in [0.1, 0.15) is 11.8 Å². The van der Waals surface area contributed by atoms with E-state index in [1.807, 2.05) is 24.3 Å². The molecular weight excluding hydrogens is 290 g/mol. The minimum Gasteiger partial charge on any atom is -0.397 e. The van der Waals surface area contributed by atoms with Gasteiger partial charge in [0.2, 0.25) is 0 Å². The van der Waals surface area contributed by atoms with E-state index in [1.54, 1.807) is 30.3 Å². The maximum Gasteiger partial charge on any atom is 0.275 e. The van der Waals surface area contributed by atoms with Crippen LogP contribution in [0.15, 0.2) is 59.5 Å². The fourth-order valence-corrected chi connectivity index (χ4v) is 2.14. The van der Waals surface area contributed by atoms with Crippen molar-refractivity contribution in [3.63, 3.8) is 0 Å². The van der Waals surface area contributed by atoms with Crippen molar-refractivity contribution < 1.29 is 0 Å². The minimum atomic E-state index is -0.417. The summed E-state index contributed by atoms with van der Waals surface area (Å²) in [4.78, 5) is 19.1. The smallest absolute Gasteiger partial charge is 0.275 e. The number of hydrogen-bond acceptors (Lipinski definition) is 5. The van der Waals surface area contributed by atoms with E-state index in [-0.39, 0.29) is 11.3 Å². The van der Waals surface area contributed by atoms with Crippen LogP contribution in [0.3, 0.4) is 0 Å². The Kier molecular flexibility index (Phi) is 3.77. The van der Waals surface area contributed by atoms with Gasteiger partial charge in [-0.2, -0.15) is 5.26 Å². The number of anilines is 2. The van der Waals surface area contributed by atoms with E-state index < -0.39 is 5.56 Å². The van der Waals surface area contributed by atoms with Crippen LogP contribution in [0, 0.1) is 11.3 Å². The molecule has 0 radical (unpaired) electrons. The van der Waals surface area contributed by atoms with Crippen molar-refractivity contribution in [2.75, 3.05) is 11.1 Å². The zero-order valence-electron chi connectivity index (χ0n) is 12.1. The second kappa shape index (κ2) is 6.03. The molecule has 0 saturated carbocycles. The molecule has 0 saturated heterocycles. The van der Waals surface area contributed by atoms with Crippen molar-refractivity contribution in [3.05, 3.63) is 70.8 Å². The third kappa shape index (κ3) is 2.89. The summed E-state index contributed by atoms with van der Waals surface area (Å²) in [5.41, 5.74) is 8.03. The number of nitrogen functional groups attached to an aromatic ring is 1. The lowest BCUT2D eigenvalue weighted by Crippen LogP contribution is -2.14. The summed E-state index contributed by atoms with van der Waals surface area (Å²) in [6.45, 7) is 0. The number of nitriles is 1. The van der Waals surface area contributed by atoms with Crippen LogP contribution >= 0.6 is 0 Å². The molecule has 6 heteroatoms. The summed E-state index contributed by atoms with van der Waals surface area (Å²) < 4.78 is 0. The van der Waals surface area contributed by atoms with Crippen LogP contribution < -0.4 is 16.6 Å². The Morgan fingerprint density at radius 3 is 2.74 bits per heavy atom. The average Bonchev–Trinajstić information content (AvgIpc) is 2.57. The molecule has 3 aromatic rings. The number of aromatic amines is 1. The van der Waals surface area contributed by atoms with Crippen LogP contribution in [0.1, 0.15) is 5.69 Å². The van der Waals surface area contributed by atoms with E-state index in [1.165, 1.54) is 6.20 Å². The summed E-state index contributed by atoms with van der Waals surface area (Å²) in [6, 6.07) is 16.3. The quantitative estimate of drug-likeness (QED) is 0.509. The molecule has 0 amide bonds. The number of fused-ring (bicyclic) bond motifs is 1. The van der Waals surface area contributed by atoms with Gasteiger partial charge in [-0.25, -0.2) is 4.98 Å². The number of para-hydroxylation sites is 4. The Bertz CT molecular complexity index is 998. The fraction of sp³-hybridized carbons (Fsp3) is 0. The highest BCUT2D eigenvalue weighted by molar-refractivity contribution is 5.81. The topological polar surface area (TPSA) is 108 Å². The van der Waals surface area contributed by atoms with Crippen molar-refractivity contribution in [1.82, 2.24) is 9.97 Å². The predicted octanol–water partition coefficient (Wildman–Crippen LogP) is 2.48. The lowest BCUT2D eigenvalue weighted by Gasteiger charge is -2.05. The number of nitrogens with zero attached hydrogens (tertiary/aromatic N) is 2. The molecule has 1 aromatic heterocycles. The Hall–Kier alpha value is -3.59. The molecule has 0 aliphatic heterocycles. The number of rotatable bonds is 3. The molecule has 0 bridgehead atoms. The van der Waals surface area contributed by atoms with Crippen LogP contribution in [0.25, 0.3) is 16.6 Å². The molecular formula is C17H13N5O. The van der Waals surface area contributed by atoms with E-state index >= 15 is 0 Å². The van der Waals surface area contributed by atoms with Gasteiger partial charge >= 0.3 is 0 Å². The summed E-state index contributed by atoms with van der Waals surface area (Å²) in [7, 11) is 0. The molecule has 0 fully saturated rings. The van der Waals surface area contributed by atoms with Crippen molar-refractivity contribution in [1.29, 1.82) is 5.26 Å². The number of aromatic nitrogens is 2. The number of allylic oxidation sites excluding steroid dienone is 1. The second-order valence-electron chi connectivity index (χ2n) is 4.83. The molecule has 0 aliphatic rings. The largest absolute Gasteiger partial charge is 0.397 e. The Labute approximate surface area is 131 Å². The standard InChI is InChI=1S/C17H13N5O/c18-9-11(10-20-13-6-2-1-5-12(13)19)16-17(23)22-15-8-4-3-7-14(15)21-16/h1-8,10,20H,19H2,(H,22,23)/b11-10+. The maximum absolute atomic E-state index is 12.1. The molecule has 23 heavy (non-hydrogen) atoms. The highest BCUT2D eigenvalue weighted by Gasteiger charge is 2.10. The van der Waals surface area contributed by atoms with Crippen molar-refractivity contribution in [2.45, 2.75) is 0 Å². The van der Waals surface area contributed by atoms with Crippen LogP contribution in [0.5, 0.6) is 0 Å². The number of nitrogens with two attached hydrogens (primary N) is 1. The highest BCUT2D eigenvalue weighted by atomic mass is 16.1. The first-order valence-electron chi connectivity index (χ1n) is 6.90. The van der Waals surface area contributed by atoms with Gasteiger partial charge in [-0.15, -0.1) is 0 Å². The van der Waals surface area contributed by atoms with E-state index in [2.05, 4.69) is 15.3 Å². The summed E-state index contributed by atoms with van der Waals surface area (Å²) >= 11 is 0. The number of benzene rings is 2. The van der Waals surface area contributed by atoms with Gasteiger partial charge in [-0.05, 0) is 24.3 Å². The number of H-pyrrole nitrogens is 1. The van der Waals surface area contributed by atoms with Gasteiger partial charge in [0.25, 0.3) is 5.56 Å². The number of nitrogens with one attached hydrogen (secondary N) is 2. The molecule has 0 aliphatic carbocycles. The van der Waals surface area contributed by atoms with Gasteiger partial charge < -0.3 is 16.0 Å². The van der Waals surface area contributed by atoms with Crippen molar-refractivity contribution in [3.8, 4) is 6.07 Å². The third-order valence-electron chi connectivity index (χ3n) is 3.31. The molecule has 3 rings (SSSR count). The van der Waals surface area contributed by atoms with E-state index in [0.29, 0.717) is 22.4 Å². The summed E-state index contributed by atoms with van der Waals surface area (Å²) in [5, 5.41) is 12.3. The molecule has 0 spiro atoms. The van der Waals surface area contributed by atoms with Gasteiger partial charge in [0.05, 0.1) is 28.0 Å². The van der Waals surface area contributed by atoms with Gasteiger partial charge in [0, 0.05) is 6.20 Å².